The first-order valence-corrected chi connectivity index (χ1v) is 18.7. The first kappa shape index (κ1) is 35.2. The minimum atomic E-state index is 0.503. The third-order valence-electron chi connectivity index (χ3n) is 9.28. The van der Waals surface area contributed by atoms with Crippen LogP contribution in [-0.2, 0) is 6.42 Å². The van der Waals surface area contributed by atoms with Crippen molar-refractivity contribution in [1.29, 1.82) is 0 Å². The molecule has 9 rings (SSSR count). The Morgan fingerprint density at radius 2 is 0.947 bits per heavy atom. The number of nitrogens with zero attached hydrogens (tertiary/aromatic N) is 5. The highest BCUT2D eigenvalue weighted by molar-refractivity contribution is 6.09. The lowest BCUT2D eigenvalue weighted by atomic mass is 10.0. The number of rotatable bonds is 12. The molecule has 0 radical (unpaired) electrons. The normalized spacial score (nSPS) is 11.2. The second-order valence-corrected chi connectivity index (χ2v) is 14.0. The van der Waals surface area contributed by atoms with Crippen LogP contribution in [0.3, 0.4) is 0 Å². The zero-order valence-corrected chi connectivity index (χ0v) is 31.3. The highest BCUT2D eigenvalue weighted by Crippen LogP contribution is 2.38. The van der Waals surface area contributed by atoms with Gasteiger partial charge in [-0.2, -0.15) is 0 Å². The van der Waals surface area contributed by atoms with Crippen LogP contribution in [0.2, 0.25) is 0 Å². The molecule has 0 spiro atoms. The fourth-order valence-electron chi connectivity index (χ4n) is 6.74. The Kier molecular flexibility index (Phi) is 9.68. The Bertz CT molecular complexity index is 2650. The molecule has 278 valence electrons. The Labute approximate surface area is 329 Å². The van der Waals surface area contributed by atoms with Gasteiger partial charge in [0.1, 0.15) is 34.5 Å². The van der Waals surface area contributed by atoms with E-state index in [1.807, 2.05) is 126 Å². The number of aromatic nitrogens is 5. The third kappa shape index (κ3) is 7.99. The molecule has 0 saturated carbocycles. The van der Waals surface area contributed by atoms with Crippen molar-refractivity contribution in [2.45, 2.75) is 20.3 Å². The first-order valence-electron chi connectivity index (χ1n) is 18.7. The maximum atomic E-state index is 6.42. The van der Waals surface area contributed by atoms with E-state index in [1.54, 1.807) is 12.4 Å². The van der Waals surface area contributed by atoms with Gasteiger partial charge < -0.3 is 18.9 Å². The van der Waals surface area contributed by atoms with E-state index in [9.17, 15) is 0 Å². The van der Waals surface area contributed by atoms with Crippen molar-refractivity contribution in [3.63, 3.8) is 0 Å². The van der Waals surface area contributed by atoms with Gasteiger partial charge in [0.05, 0.1) is 11.0 Å². The molecular formula is C48H37N5O4. The molecular weight excluding hydrogens is 711 g/mol. The summed E-state index contributed by atoms with van der Waals surface area (Å²) in [5, 5.41) is 2.02. The summed E-state index contributed by atoms with van der Waals surface area (Å²) >= 11 is 0. The van der Waals surface area contributed by atoms with E-state index in [0.717, 1.165) is 39.4 Å². The molecule has 0 atom stereocenters. The maximum Gasteiger partial charge on any atom is 0.234 e. The lowest BCUT2D eigenvalue weighted by Gasteiger charge is -2.11. The van der Waals surface area contributed by atoms with E-state index < -0.39 is 0 Å². The number of benzene rings is 5. The quantitative estimate of drug-likeness (QED) is 0.122. The molecule has 0 amide bonds. The molecule has 9 heteroatoms. The maximum absolute atomic E-state index is 6.42. The fraction of sp³-hybridized carbons (Fsp3) is 0.0833. The van der Waals surface area contributed by atoms with Gasteiger partial charge in [0.2, 0.25) is 17.7 Å². The zero-order valence-electron chi connectivity index (χ0n) is 31.3. The van der Waals surface area contributed by atoms with Crippen LogP contribution in [0.25, 0.3) is 38.9 Å². The fourth-order valence-corrected chi connectivity index (χ4v) is 6.74. The number of pyridine rings is 2. The van der Waals surface area contributed by atoms with E-state index in [1.165, 1.54) is 5.56 Å². The molecule has 9 nitrogen and oxygen atoms in total. The molecule has 0 aliphatic carbocycles. The van der Waals surface area contributed by atoms with Gasteiger partial charge in [-0.3, -0.25) is 4.57 Å². The molecule has 4 heterocycles. The van der Waals surface area contributed by atoms with E-state index in [-0.39, 0.29) is 0 Å². The molecule has 0 bridgehead atoms. The number of fused-ring (bicyclic) bond motifs is 3. The molecule has 57 heavy (non-hydrogen) atoms. The Morgan fingerprint density at radius 1 is 0.456 bits per heavy atom. The van der Waals surface area contributed by atoms with Gasteiger partial charge in [0, 0.05) is 77.5 Å². The van der Waals surface area contributed by atoms with Crippen LogP contribution in [-0.4, -0.2) is 24.5 Å². The van der Waals surface area contributed by atoms with Gasteiger partial charge in [0.25, 0.3) is 0 Å². The average Bonchev–Trinajstić information content (AvgIpc) is 3.55. The number of hydrogen-bond acceptors (Lipinski definition) is 8. The van der Waals surface area contributed by atoms with Crippen LogP contribution in [0.1, 0.15) is 19.4 Å². The van der Waals surface area contributed by atoms with Crippen LogP contribution >= 0.6 is 0 Å². The molecule has 9 aromatic rings. The zero-order chi connectivity index (χ0) is 38.6. The summed E-state index contributed by atoms with van der Waals surface area (Å²) < 4.78 is 26.8. The van der Waals surface area contributed by atoms with Crippen LogP contribution in [0, 0.1) is 5.92 Å². The number of hydrogen-bond donors (Lipinski definition) is 0. The molecule has 4 aromatic heterocycles. The smallest absolute Gasteiger partial charge is 0.234 e. The predicted octanol–water partition coefficient (Wildman–Crippen LogP) is 12.4. The Hall–Kier alpha value is -7.52. The van der Waals surface area contributed by atoms with Crippen LogP contribution in [0.15, 0.2) is 170 Å². The van der Waals surface area contributed by atoms with Crippen LogP contribution < -0.4 is 18.9 Å². The van der Waals surface area contributed by atoms with E-state index in [0.29, 0.717) is 58.1 Å². The molecule has 0 fully saturated rings. The van der Waals surface area contributed by atoms with E-state index >= 15 is 0 Å². The molecule has 0 saturated heterocycles. The highest BCUT2D eigenvalue weighted by Gasteiger charge is 2.17. The molecule has 0 unspecified atom stereocenters. The van der Waals surface area contributed by atoms with Crippen molar-refractivity contribution in [1.82, 2.24) is 24.5 Å². The number of ether oxygens (including phenoxy) is 4. The van der Waals surface area contributed by atoms with E-state index in [4.69, 9.17) is 28.9 Å². The second-order valence-electron chi connectivity index (χ2n) is 14.0. The van der Waals surface area contributed by atoms with Crippen molar-refractivity contribution in [2.75, 3.05) is 0 Å². The Balaban J connectivity index is 1.08. The molecule has 0 N–H and O–H groups in total. The lowest BCUT2D eigenvalue weighted by molar-refractivity contribution is 0.448. The van der Waals surface area contributed by atoms with Crippen molar-refractivity contribution in [2.24, 2.45) is 5.92 Å². The van der Waals surface area contributed by atoms with E-state index in [2.05, 4.69) is 60.2 Å². The van der Waals surface area contributed by atoms with Gasteiger partial charge in [-0.25, -0.2) is 19.9 Å². The Morgan fingerprint density at radius 3 is 1.42 bits per heavy atom. The summed E-state index contributed by atoms with van der Waals surface area (Å²) in [5.74, 6) is 5.87. The third-order valence-corrected chi connectivity index (χ3v) is 9.28. The topological polar surface area (TPSA) is 93.4 Å². The molecule has 0 aliphatic heterocycles. The second kappa shape index (κ2) is 15.7. The summed E-state index contributed by atoms with van der Waals surface area (Å²) in [6.45, 7) is 4.46. The molecule has 0 aliphatic rings. The van der Waals surface area contributed by atoms with Gasteiger partial charge in [0.15, 0.2) is 0 Å². The lowest BCUT2D eigenvalue weighted by Crippen LogP contribution is -2.01. The standard InChI is InChI=1S/C48H37N5O4/c1-32(2)25-33-15-17-34(18-16-33)35-30-51-48(52-31-35)53-44-28-40(54-36-9-7-11-38(26-36)56-46-13-3-5-23-49-46)19-21-42(44)43-22-20-41(29-45(43)53)55-37-10-8-12-39(27-37)57-47-14-4-6-24-50-47/h3-24,26-32H,25H2,1-2H3. The van der Waals surface area contributed by atoms with Crippen molar-refractivity contribution < 1.29 is 18.9 Å². The minimum absolute atomic E-state index is 0.503. The molecule has 5 aromatic carbocycles. The summed E-state index contributed by atoms with van der Waals surface area (Å²) in [6.07, 6.45) is 8.17. The largest absolute Gasteiger partial charge is 0.457 e. The van der Waals surface area contributed by atoms with Crippen molar-refractivity contribution in [3.8, 4) is 63.3 Å². The minimum Gasteiger partial charge on any atom is -0.457 e. The van der Waals surface area contributed by atoms with Crippen molar-refractivity contribution >= 4 is 21.8 Å². The summed E-state index contributed by atoms with van der Waals surface area (Å²) in [6, 6.07) is 46.7. The SMILES string of the molecule is CC(C)Cc1ccc(-c2cnc(-n3c4cc(Oc5cccc(Oc6ccccn6)c5)ccc4c4ccc(Oc5cccc(Oc6ccccn6)c5)cc43)nc2)cc1. The van der Waals surface area contributed by atoms with Gasteiger partial charge in [-0.15, -0.1) is 0 Å². The van der Waals surface area contributed by atoms with Gasteiger partial charge in [-0.05, 0) is 84.1 Å². The van der Waals surface area contributed by atoms with Crippen molar-refractivity contribution in [3.05, 3.63) is 176 Å². The van der Waals surface area contributed by atoms with Gasteiger partial charge in [-0.1, -0.05) is 62.4 Å². The average molecular weight is 748 g/mol. The van der Waals surface area contributed by atoms with Crippen LogP contribution in [0.4, 0.5) is 0 Å². The highest BCUT2D eigenvalue weighted by atomic mass is 16.5. The predicted molar refractivity (Wildman–Crippen MR) is 222 cm³/mol. The van der Waals surface area contributed by atoms with Gasteiger partial charge >= 0.3 is 0 Å². The first-order chi connectivity index (χ1) is 28.0. The summed E-state index contributed by atoms with van der Waals surface area (Å²) in [4.78, 5) is 18.4. The summed E-state index contributed by atoms with van der Waals surface area (Å²) in [5.41, 5.74) is 5.05. The van der Waals surface area contributed by atoms with Crippen LogP contribution in [0.5, 0.6) is 46.3 Å². The monoisotopic (exact) mass is 747 g/mol. The summed E-state index contributed by atoms with van der Waals surface area (Å²) in [7, 11) is 0.